The Hall–Kier alpha value is -3.21. The van der Waals surface area contributed by atoms with Gasteiger partial charge < -0.3 is 14.8 Å². The minimum absolute atomic E-state index is 0.0175. The lowest BCUT2D eigenvalue weighted by Crippen LogP contribution is -2.39. The number of carbonyl (C=O) groups excluding carboxylic acids is 3. The summed E-state index contributed by atoms with van der Waals surface area (Å²) in [7, 11) is 1.53. The Morgan fingerprint density at radius 2 is 1.55 bits per heavy atom. The van der Waals surface area contributed by atoms with E-state index in [0.29, 0.717) is 29.2 Å². The van der Waals surface area contributed by atoms with Crippen molar-refractivity contribution in [2.75, 3.05) is 25.6 Å². The Morgan fingerprint density at radius 3 is 2.19 bits per heavy atom. The highest BCUT2D eigenvalue weighted by molar-refractivity contribution is 9.10. The van der Waals surface area contributed by atoms with E-state index in [4.69, 9.17) is 21.1 Å². The highest BCUT2D eigenvalue weighted by Gasteiger charge is 2.51. The molecular formula is C31H30BrClF3NO5. The summed E-state index contributed by atoms with van der Waals surface area (Å²) in [6.45, 7) is 2.22. The molecule has 0 atom stereocenters. The predicted octanol–water partition coefficient (Wildman–Crippen LogP) is 7.90. The predicted molar refractivity (Wildman–Crippen MR) is 159 cm³/mol. The largest absolute Gasteiger partial charge is 0.490 e. The van der Waals surface area contributed by atoms with Crippen LogP contribution < -0.4 is 10.1 Å². The van der Waals surface area contributed by atoms with Gasteiger partial charge in [-0.3, -0.25) is 14.4 Å². The van der Waals surface area contributed by atoms with Gasteiger partial charge in [0, 0.05) is 35.7 Å². The van der Waals surface area contributed by atoms with Gasteiger partial charge in [0.25, 0.3) is 5.91 Å². The van der Waals surface area contributed by atoms with Crippen molar-refractivity contribution >= 4 is 50.7 Å². The van der Waals surface area contributed by atoms with Crippen LogP contribution >= 0.6 is 27.5 Å². The van der Waals surface area contributed by atoms with Gasteiger partial charge >= 0.3 is 6.18 Å². The van der Waals surface area contributed by atoms with Gasteiger partial charge in [0.1, 0.15) is 23.6 Å². The fourth-order valence-electron chi connectivity index (χ4n) is 3.91. The number of Topliss-reactive ketones (excluding diaryl/α,β-unsaturated/α-hetero) is 2. The molecule has 224 valence electrons. The average molecular weight is 669 g/mol. The van der Waals surface area contributed by atoms with Crippen LogP contribution in [0.15, 0.2) is 65.1 Å². The number of rotatable bonds is 13. The molecule has 0 spiro atoms. The van der Waals surface area contributed by atoms with Crippen molar-refractivity contribution < 1.29 is 37.0 Å². The second-order valence-electron chi connectivity index (χ2n) is 10.1. The number of nitrogens with one attached hydrogen (secondary N) is 1. The van der Waals surface area contributed by atoms with Gasteiger partial charge in [-0.1, -0.05) is 39.7 Å². The van der Waals surface area contributed by atoms with Crippen molar-refractivity contribution in [2.45, 2.75) is 39.3 Å². The van der Waals surface area contributed by atoms with E-state index >= 15 is 0 Å². The molecular weight excluding hydrogens is 639 g/mol. The number of hydrogen-bond acceptors (Lipinski definition) is 5. The van der Waals surface area contributed by atoms with Crippen LogP contribution in [0.1, 0.15) is 52.1 Å². The summed E-state index contributed by atoms with van der Waals surface area (Å²) in [6, 6.07) is 16.4. The van der Waals surface area contributed by atoms with Gasteiger partial charge in [0.05, 0.1) is 17.2 Å². The molecule has 0 aliphatic carbocycles. The van der Waals surface area contributed by atoms with Gasteiger partial charge in [0.15, 0.2) is 5.78 Å². The lowest BCUT2D eigenvalue weighted by atomic mass is 9.84. The molecule has 0 aliphatic heterocycles. The second kappa shape index (κ2) is 14.3. The number of hydrogen-bond donors (Lipinski definition) is 1. The molecule has 0 aromatic heterocycles. The number of aryl methyl sites for hydroxylation is 1. The van der Waals surface area contributed by atoms with Crippen LogP contribution in [0.3, 0.4) is 0 Å². The zero-order valence-corrected chi connectivity index (χ0v) is 25.6. The van der Waals surface area contributed by atoms with Crippen molar-refractivity contribution in [3.05, 3.63) is 92.4 Å². The lowest BCUT2D eigenvalue weighted by molar-refractivity contribution is -0.210. The fraction of sp³-hybridized carbons (Fsp3) is 0.323. The normalized spacial score (nSPS) is 11.7. The maximum Gasteiger partial charge on any atom is 0.400 e. The Balaban J connectivity index is 1.80. The Bertz CT molecular complexity index is 1440. The fourth-order valence-corrected chi connectivity index (χ4v) is 4.39. The summed E-state index contributed by atoms with van der Waals surface area (Å²) in [5, 5.41) is 2.98. The van der Waals surface area contributed by atoms with Gasteiger partial charge in [-0.15, -0.1) is 0 Å². The molecule has 3 aromatic carbocycles. The molecule has 1 N–H and O–H groups in total. The quantitative estimate of drug-likeness (QED) is 0.148. The lowest BCUT2D eigenvalue weighted by Gasteiger charge is -2.26. The Morgan fingerprint density at radius 1 is 0.905 bits per heavy atom. The molecule has 1 amide bonds. The summed E-state index contributed by atoms with van der Waals surface area (Å²) in [5.74, 6) is -1.44. The standard InChI is InChI=1S/C31H30BrClF3NO5/c1-30(2,31(34,35)36)28(39)13-6-19-4-11-25(33)23(16-19)26(38)18-20-5-12-27(42-15-14-41-3)24(17-20)29(40)37-22-9-7-21(32)8-10-22/h4-5,7-12,16-17H,6,13-15,18H2,1-3H3,(H,37,40). The van der Waals surface area contributed by atoms with E-state index in [1.165, 1.54) is 19.2 Å². The van der Waals surface area contributed by atoms with Gasteiger partial charge in [-0.05, 0) is 79.9 Å². The molecule has 6 nitrogen and oxygen atoms in total. The molecule has 0 unspecified atom stereocenters. The van der Waals surface area contributed by atoms with Crippen LogP contribution in [-0.2, 0) is 22.4 Å². The summed E-state index contributed by atoms with van der Waals surface area (Å²) in [6.07, 6.45) is -5.10. The van der Waals surface area contributed by atoms with E-state index in [-0.39, 0.29) is 47.8 Å². The number of ketones is 2. The van der Waals surface area contributed by atoms with Crippen LogP contribution in [0, 0.1) is 5.41 Å². The molecule has 0 fully saturated rings. The summed E-state index contributed by atoms with van der Waals surface area (Å²) < 4.78 is 51.3. The van der Waals surface area contributed by atoms with Crippen LogP contribution in [0.2, 0.25) is 5.02 Å². The number of methoxy groups -OCH3 is 1. The first kappa shape index (κ1) is 33.3. The number of ether oxygens (including phenoxy) is 2. The molecule has 3 aromatic rings. The van der Waals surface area contributed by atoms with Crippen molar-refractivity contribution in [1.82, 2.24) is 0 Å². The number of alkyl halides is 3. The summed E-state index contributed by atoms with van der Waals surface area (Å²) >= 11 is 9.65. The molecule has 0 radical (unpaired) electrons. The highest BCUT2D eigenvalue weighted by atomic mass is 79.9. The van der Waals surface area contributed by atoms with Gasteiger partial charge in [-0.2, -0.15) is 13.2 Å². The summed E-state index contributed by atoms with van der Waals surface area (Å²) in [5.41, 5.74) is -0.510. The van der Waals surface area contributed by atoms with Crippen molar-refractivity contribution in [3.8, 4) is 5.75 Å². The Labute approximate surface area is 255 Å². The second-order valence-corrected chi connectivity index (χ2v) is 11.4. The van der Waals surface area contributed by atoms with Crippen LogP contribution in [-0.4, -0.2) is 44.0 Å². The third-order valence-electron chi connectivity index (χ3n) is 6.68. The van der Waals surface area contributed by atoms with Gasteiger partial charge in [-0.25, -0.2) is 0 Å². The first-order chi connectivity index (χ1) is 19.7. The minimum Gasteiger partial charge on any atom is -0.490 e. The first-order valence-electron chi connectivity index (χ1n) is 13.0. The van der Waals surface area contributed by atoms with Crippen LogP contribution in [0.25, 0.3) is 0 Å². The smallest absolute Gasteiger partial charge is 0.400 e. The molecule has 42 heavy (non-hydrogen) atoms. The number of amides is 1. The van der Waals surface area contributed by atoms with Crippen LogP contribution in [0.4, 0.5) is 18.9 Å². The zero-order valence-electron chi connectivity index (χ0n) is 23.2. The third kappa shape index (κ3) is 8.65. The number of benzene rings is 3. The molecule has 3 rings (SSSR count). The Kier molecular flexibility index (Phi) is 11.3. The SMILES string of the molecule is COCCOc1ccc(CC(=O)c2cc(CCC(=O)C(C)(C)C(F)(F)F)ccc2Cl)cc1C(=O)Nc1ccc(Br)cc1. The van der Waals surface area contributed by atoms with E-state index in [1.807, 2.05) is 0 Å². The number of halogens is 5. The first-order valence-corrected chi connectivity index (χ1v) is 14.1. The van der Waals surface area contributed by atoms with Crippen molar-refractivity contribution in [3.63, 3.8) is 0 Å². The number of carbonyl (C=O) groups is 3. The molecule has 0 saturated carbocycles. The van der Waals surface area contributed by atoms with E-state index in [1.54, 1.807) is 48.5 Å². The van der Waals surface area contributed by atoms with Gasteiger partial charge in [0.2, 0.25) is 0 Å². The van der Waals surface area contributed by atoms with Crippen LogP contribution in [0.5, 0.6) is 5.75 Å². The van der Waals surface area contributed by atoms with Crippen molar-refractivity contribution in [1.29, 1.82) is 0 Å². The molecule has 0 saturated heterocycles. The topological polar surface area (TPSA) is 81.7 Å². The molecule has 0 bridgehead atoms. The molecule has 0 heterocycles. The van der Waals surface area contributed by atoms with E-state index in [2.05, 4.69) is 21.2 Å². The average Bonchev–Trinajstić information content (AvgIpc) is 2.93. The maximum absolute atomic E-state index is 13.3. The van der Waals surface area contributed by atoms with E-state index in [9.17, 15) is 27.6 Å². The highest BCUT2D eigenvalue weighted by Crippen LogP contribution is 2.39. The molecule has 11 heteroatoms. The third-order valence-corrected chi connectivity index (χ3v) is 7.54. The molecule has 0 aliphatic rings. The van der Waals surface area contributed by atoms with Crippen molar-refractivity contribution in [2.24, 2.45) is 5.41 Å². The van der Waals surface area contributed by atoms with E-state index in [0.717, 1.165) is 18.3 Å². The zero-order chi connectivity index (χ0) is 31.1. The monoisotopic (exact) mass is 667 g/mol. The number of anilines is 1. The maximum atomic E-state index is 13.3. The summed E-state index contributed by atoms with van der Waals surface area (Å²) in [4.78, 5) is 38.7. The van der Waals surface area contributed by atoms with E-state index < -0.39 is 23.3 Å². The minimum atomic E-state index is -4.66.